The summed E-state index contributed by atoms with van der Waals surface area (Å²) in [5.74, 6) is 0.772. The summed E-state index contributed by atoms with van der Waals surface area (Å²) in [7, 11) is 0. The predicted molar refractivity (Wildman–Crippen MR) is 79.1 cm³/mol. The van der Waals surface area contributed by atoms with Crippen molar-refractivity contribution in [1.29, 1.82) is 0 Å². The molecule has 0 amide bonds. The second kappa shape index (κ2) is 5.69. The Morgan fingerprint density at radius 3 is 2.80 bits per heavy atom. The van der Waals surface area contributed by atoms with E-state index in [9.17, 15) is 0 Å². The molecule has 3 rings (SSSR count). The second-order valence-corrected chi connectivity index (χ2v) is 4.54. The van der Waals surface area contributed by atoms with Crippen LogP contribution in [0.3, 0.4) is 0 Å². The third kappa shape index (κ3) is 2.47. The van der Waals surface area contributed by atoms with Crippen LogP contribution in [0.2, 0.25) is 0 Å². The van der Waals surface area contributed by atoms with Gasteiger partial charge in [-0.1, -0.05) is 37.3 Å². The first-order valence-corrected chi connectivity index (χ1v) is 6.60. The normalized spacial score (nSPS) is 10.8. The molecule has 1 radical (unpaired) electrons. The molecular formula is C15H16N5. The van der Waals surface area contributed by atoms with E-state index in [1.165, 1.54) is 5.56 Å². The molecule has 3 aromatic rings. The standard InChI is InChI=1S/C15H16N5/c1-2-8-20-11-19-13-14(17-10-18-15(13)20)16-9-12-6-4-3-5-7-12/h2-7,10-11H,8-9H2,1H3,(H,16,17,18). The molecule has 0 saturated carbocycles. The van der Waals surface area contributed by atoms with Gasteiger partial charge < -0.3 is 9.88 Å². The molecule has 101 valence electrons. The fourth-order valence-electron chi connectivity index (χ4n) is 2.12. The maximum absolute atomic E-state index is 4.40. The first kappa shape index (κ1) is 12.6. The maximum Gasteiger partial charge on any atom is 0.165 e. The summed E-state index contributed by atoms with van der Waals surface area (Å²) < 4.78 is 2.00. The monoisotopic (exact) mass is 266 g/mol. The molecule has 0 fully saturated rings. The van der Waals surface area contributed by atoms with E-state index in [-0.39, 0.29) is 0 Å². The van der Waals surface area contributed by atoms with Gasteiger partial charge in [0.2, 0.25) is 0 Å². The van der Waals surface area contributed by atoms with E-state index in [1.54, 1.807) is 12.7 Å². The molecule has 0 atom stereocenters. The first-order chi connectivity index (χ1) is 9.88. The molecule has 1 N–H and O–H groups in total. The van der Waals surface area contributed by atoms with E-state index in [4.69, 9.17) is 0 Å². The Labute approximate surface area is 117 Å². The van der Waals surface area contributed by atoms with Crippen LogP contribution in [0.5, 0.6) is 0 Å². The van der Waals surface area contributed by atoms with E-state index < -0.39 is 0 Å². The van der Waals surface area contributed by atoms with Crippen molar-refractivity contribution in [3.8, 4) is 0 Å². The highest BCUT2D eigenvalue weighted by Gasteiger charge is 2.09. The number of nitrogens with zero attached hydrogens (tertiary/aromatic N) is 4. The summed E-state index contributed by atoms with van der Waals surface area (Å²) in [6.45, 7) is 3.53. The van der Waals surface area contributed by atoms with Gasteiger partial charge in [-0.05, 0) is 12.0 Å². The smallest absolute Gasteiger partial charge is 0.165 e. The zero-order valence-corrected chi connectivity index (χ0v) is 11.3. The fraction of sp³-hybridized carbons (Fsp3) is 0.200. The molecule has 0 spiro atoms. The maximum atomic E-state index is 4.40. The Morgan fingerprint density at radius 1 is 1.15 bits per heavy atom. The Hall–Kier alpha value is -2.43. The summed E-state index contributed by atoms with van der Waals surface area (Å²) in [5.41, 5.74) is 2.87. The van der Waals surface area contributed by atoms with Crippen molar-refractivity contribution in [2.75, 3.05) is 5.32 Å². The summed E-state index contributed by atoms with van der Waals surface area (Å²) in [5, 5.41) is 3.32. The minimum Gasteiger partial charge on any atom is -0.364 e. The zero-order chi connectivity index (χ0) is 13.8. The van der Waals surface area contributed by atoms with Crippen LogP contribution in [0.15, 0.2) is 43.0 Å². The molecule has 5 nitrogen and oxygen atoms in total. The molecule has 20 heavy (non-hydrogen) atoms. The highest BCUT2D eigenvalue weighted by molar-refractivity contribution is 5.82. The number of nitrogens with one attached hydrogen (secondary N) is 1. The number of fused-ring (bicyclic) bond motifs is 1. The van der Waals surface area contributed by atoms with Crippen molar-refractivity contribution in [2.45, 2.75) is 20.0 Å². The molecule has 5 heteroatoms. The van der Waals surface area contributed by atoms with E-state index in [2.05, 4.69) is 38.8 Å². The third-order valence-electron chi connectivity index (χ3n) is 3.08. The Balaban J connectivity index is 1.85. The summed E-state index contributed by atoms with van der Waals surface area (Å²) >= 11 is 0. The van der Waals surface area contributed by atoms with Crippen molar-refractivity contribution in [3.63, 3.8) is 0 Å². The van der Waals surface area contributed by atoms with Gasteiger partial charge in [-0.2, -0.15) is 0 Å². The lowest BCUT2D eigenvalue weighted by Gasteiger charge is -2.06. The third-order valence-corrected chi connectivity index (χ3v) is 3.08. The Morgan fingerprint density at radius 2 is 2.00 bits per heavy atom. The van der Waals surface area contributed by atoms with Gasteiger partial charge in [0.05, 0.1) is 6.33 Å². The molecule has 0 unspecified atom stereocenters. The van der Waals surface area contributed by atoms with Gasteiger partial charge in [-0.15, -0.1) is 0 Å². The van der Waals surface area contributed by atoms with E-state index >= 15 is 0 Å². The van der Waals surface area contributed by atoms with Gasteiger partial charge in [0.25, 0.3) is 0 Å². The van der Waals surface area contributed by atoms with Crippen LogP contribution < -0.4 is 5.32 Å². The number of imidazole rings is 1. The van der Waals surface area contributed by atoms with Gasteiger partial charge in [-0.25, -0.2) is 15.0 Å². The molecule has 1 aromatic carbocycles. The zero-order valence-electron chi connectivity index (χ0n) is 11.3. The molecule has 2 aromatic heterocycles. The average Bonchev–Trinajstić information content (AvgIpc) is 2.91. The summed E-state index contributed by atoms with van der Waals surface area (Å²) in [6, 6.07) is 10.2. The number of aromatic nitrogens is 4. The molecular weight excluding hydrogens is 250 g/mol. The summed E-state index contributed by atoms with van der Waals surface area (Å²) in [6.07, 6.45) is 5.44. The van der Waals surface area contributed by atoms with Gasteiger partial charge in [0.15, 0.2) is 11.5 Å². The SMILES string of the molecule is C[CH]Cn1cnc2c(NCc3ccccc3)ncnc21. The number of benzene rings is 1. The highest BCUT2D eigenvalue weighted by Crippen LogP contribution is 2.18. The van der Waals surface area contributed by atoms with Gasteiger partial charge in [-0.3, -0.25) is 0 Å². The van der Waals surface area contributed by atoms with Crippen molar-refractivity contribution in [2.24, 2.45) is 0 Å². The topological polar surface area (TPSA) is 55.6 Å². The lowest BCUT2D eigenvalue weighted by Crippen LogP contribution is -2.03. The average molecular weight is 266 g/mol. The molecule has 0 aliphatic heterocycles. The van der Waals surface area contributed by atoms with Crippen LogP contribution >= 0.6 is 0 Å². The summed E-state index contributed by atoms with van der Waals surface area (Å²) in [4.78, 5) is 13.0. The first-order valence-electron chi connectivity index (χ1n) is 6.60. The fourth-order valence-corrected chi connectivity index (χ4v) is 2.12. The minimum atomic E-state index is 0.722. The van der Waals surface area contributed by atoms with E-state index in [0.29, 0.717) is 0 Å². The Bertz CT molecular complexity index is 690. The Kier molecular flexibility index (Phi) is 3.58. The molecule has 0 aliphatic rings. The quantitative estimate of drug-likeness (QED) is 0.771. The van der Waals surface area contributed by atoms with Crippen molar-refractivity contribution >= 4 is 17.0 Å². The van der Waals surface area contributed by atoms with Crippen LogP contribution in [0.1, 0.15) is 12.5 Å². The van der Waals surface area contributed by atoms with Crippen LogP contribution in [0.4, 0.5) is 5.82 Å². The number of hydrogen-bond acceptors (Lipinski definition) is 4. The van der Waals surface area contributed by atoms with E-state index in [1.807, 2.05) is 29.7 Å². The molecule has 0 aliphatic carbocycles. The molecule has 2 heterocycles. The van der Waals surface area contributed by atoms with Crippen molar-refractivity contribution < 1.29 is 0 Å². The van der Waals surface area contributed by atoms with Crippen LogP contribution in [0, 0.1) is 6.42 Å². The van der Waals surface area contributed by atoms with E-state index in [0.717, 1.165) is 30.1 Å². The minimum absolute atomic E-state index is 0.722. The van der Waals surface area contributed by atoms with Crippen molar-refractivity contribution in [3.05, 3.63) is 55.0 Å². The lowest BCUT2D eigenvalue weighted by molar-refractivity contribution is 0.793. The largest absolute Gasteiger partial charge is 0.364 e. The number of hydrogen-bond donors (Lipinski definition) is 1. The van der Waals surface area contributed by atoms with Crippen LogP contribution in [0.25, 0.3) is 11.2 Å². The predicted octanol–water partition coefficient (Wildman–Crippen LogP) is 2.66. The van der Waals surface area contributed by atoms with Crippen LogP contribution in [-0.2, 0) is 13.1 Å². The van der Waals surface area contributed by atoms with Gasteiger partial charge >= 0.3 is 0 Å². The number of anilines is 1. The molecule has 0 saturated heterocycles. The van der Waals surface area contributed by atoms with Gasteiger partial charge in [0.1, 0.15) is 11.8 Å². The van der Waals surface area contributed by atoms with Crippen LogP contribution in [-0.4, -0.2) is 19.5 Å². The van der Waals surface area contributed by atoms with Crippen molar-refractivity contribution in [1.82, 2.24) is 19.5 Å². The highest BCUT2D eigenvalue weighted by atomic mass is 15.1. The molecule has 0 bridgehead atoms. The lowest BCUT2D eigenvalue weighted by atomic mass is 10.2. The second-order valence-electron chi connectivity index (χ2n) is 4.54. The van der Waals surface area contributed by atoms with Gasteiger partial charge in [0, 0.05) is 13.1 Å². The number of rotatable bonds is 5.